The molecule has 7 nitrogen and oxygen atoms in total. The number of aliphatic carboxylic acids is 1. The average Bonchev–Trinajstić information content (AvgIpc) is 3.34. The van der Waals surface area contributed by atoms with Crippen molar-refractivity contribution >= 4 is 22.9 Å². The summed E-state index contributed by atoms with van der Waals surface area (Å²) in [7, 11) is 0. The molecule has 9 rings (SSSR count). The predicted octanol–water partition coefficient (Wildman–Crippen LogP) is 5.63. The summed E-state index contributed by atoms with van der Waals surface area (Å²) in [6.07, 6.45) is 4.44. The van der Waals surface area contributed by atoms with E-state index >= 15 is 8.78 Å². The molecule has 4 aromatic rings. The number of hydrogen-bond donors (Lipinski definition) is 1. The number of carbonyl (C=O) groups is 2. The average molecular weight is 545 g/mol. The minimum Gasteiger partial charge on any atom is -0.481 e. The summed E-state index contributed by atoms with van der Waals surface area (Å²) in [4.78, 5) is 26.7. The van der Waals surface area contributed by atoms with E-state index in [1.165, 1.54) is 17.0 Å². The van der Waals surface area contributed by atoms with Crippen LogP contribution in [0.4, 0.5) is 8.78 Å². The molecule has 40 heavy (non-hydrogen) atoms. The molecule has 0 fully saturated rings. The van der Waals surface area contributed by atoms with E-state index in [9.17, 15) is 14.7 Å². The molecule has 5 aliphatic rings. The second-order valence-electron chi connectivity index (χ2n) is 10.8. The van der Waals surface area contributed by atoms with Gasteiger partial charge in [-0.3, -0.25) is 9.59 Å². The van der Waals surface area contributed by atoms with Crippen LogP contribution in [0, 0.1) is 11.6 Å². The van der Waals surface area contributed by atoms with Crippen LogP contribution in [0.5, 0.6) is 0 Å². The number of amides is 1. The topological polar surface area (TPSA) is 88.3 Å². The van der Waals surface area contributed by atoms with E-state index in [2.05, 4.69) is 10.3 Å². The van der Waals surface area contributed by atoms with Crippen molar-refractivity contribution in [1.29, 1.82) is 0 Å². The lowest BCUT2D eigenvalue weighted by Crippen LogP contribution is -2.37. The predicted molar refractivity (Wildman–Crippen MR) is 145 cm³/mol. The van der Waals surface area contributed by atoms with Crippen LogP contribution >= 0.6 is 0 Å². The first-order chi connectivity index (χ1) is 19.4. The van der Waals surface area contributed by atoms with Crippen LogP contribution in [-0.2, 0) is 30.7 Å². The van der Waals surface area contributed by atoms with Gasteiger partial charge in [-0.1, -0.05) is 42.3 Å². The number of aromatic nitrogens is 3. The summed E-state index contributed by atoms with van der Waals surface area (Å²) >= 11 is 0. The number of hydrogen-bond acceptors (Lipinski definition) is 4. The fourth-order valence-corrected chi connectivity index (χ4v) is 6.02. The molecular weight excluding hydrogens is 514 g/mol. The molecule has 3 aromatic carbocycles. The van der Waals surface area contributed by atoms with Crippen molar-refractivity contribution in [3.8, 4) is 0 Å². The molecule has 1 atom stereocenters. The van der Waals surface area contributed by atoms with Gasteiger partial charge in [-0.25, -0.2) is 13.5 Å². The van der Waals surface area contributed by atoms with Crippen molar-refractivity contribution in [1.82, 2.24) is 19.9 Å². The number of carboxylic acid groups (broad SMARTS) is 1. The Morgan fingerprint density at radius 2 is 1.65 bits per heavy atom. The van der Waals surface area contributed by atoms with E-state index in [-0.39, 0.29) is 13.0 Å². The number of halogens is 2. The molecule has 1 unspecified atom stereocenters. The second kappa shape index (κ2) is 10.8. The molecule has 6 heterocycles. The third-order valence-corrected chi connectivity index (χ3v) is 8.15. The minimum atomic E-state index is -0.931. The normalized spacial score (nSPS) is 17.9. The monoisotopic (exact) mass is 544 g/mol. The zero-order valence-corrected chi connectivity index (χ0v) is 22.1. The van der Waals surface area contributed by atoms with Gasteiger partial charge in [-0.15, -0.1) is 5.10 Å². The van der Waals surface area contributed by atoms with Gasteiger partial charge in [0.2, 0.25) is 0 Å². The highest BCUT2D eigenvalue weighted by molar-refractivity contribution is 5.95. The smallest absolute Gasteiger partial charge is 0.304 e. The molecule has 0 radical (unpaired) electrons. The van der Waals surface area contributed by atoms with Crippen LogP contribution in [0.15, 0.2) is 48.5 Å². The molecule has 1 amide bonds. The molecule has 1 aromatic heterocycles. The van der Waals surface area contributed by atoms with E-state index < -0.39 is 35.0 Å². The summed E-state index contributed by atoms with van der Waals surface area (Å²) in [6.45, 7) is 1.22. The van der Waals surface area contributed by atoms with Crippen LogP contribution in [0.25, 0.3) is 11.0 Å². The quantitative estimate of drug-likeness (QED) is 0.353. The highest BCUT2D eigenvalue weighted by Crippen LogP contribution is 2.33. The van der Waals surface area contributed by atoms with Gasteiger partial charge in [-0.05, 0) is 77.8 Å². The van der Waals surface area contributed by atoms with Gasteiger partial charge >= 0.3 is 5.97 Å². The fraction of sp³-hybridized carbons (Fsp3) is 0.355. The van der Waals surface area contributed by atoms with Crippen LogP contribution in [0.2, 0.25) is 0 Å². The Balaban J connectivity index is 1.41. The molecule has 0 saturated carbocycles. The highest BCUT2D eigenvalue weighted by atomic mass is 19.1. The molecule has 1 N–H and O–H groups in total. The summed E-state index contributed by atoms with van der Waals surface area (Å²) in [5.41, 5.74) is 5.13. The van der Waals surface area contributed by atoms with Crippen LogP contribution in [0.3, 0.4) is 0 Å². The van der Waals surface area contributed by atoms with Gasteiger partial charge in [0.15, 0.2) is 0 Å². The maximum Gasteiger partial charge on any atom is 0.304 e. The zero-order valence-electron chi connectivity index (χ0n) is 22.1. The Hall–Kier alpha value is -4.14. The van der Waals surface area contributed by atoms with Crippen molar-refractivity contribution in [3.05, 3.63) is 93.5 Å². The number of nitrogens with zero attached hydrogens (tertiary/aromatic N) is 4. The summed E-state index contributed by atoms with van der Waals surface area (Å²) in [6, 6.07) is 14.2. The van der Waals surface area contributed by atoms with E-state index in [0.717, 1.165) is 59.0 Å². The lowest BCUT2D eigenvalue weighted by Gasteiger charge is -2.30. The highest BCUT2D eigenvalue weighted by Gasteiger charge is 2.28. The van der Waals surface area contributed by atoms with Gasteiger partial charge in [0.05, 0.1) is 11.9 Å². The van der Waals surface area contributed by atoms with Crippen LogP contribution in [0.1, 0.15) is 76.2 Å². The van der Waals surface area contributed by atoms with E-state index in [1.807, 2.05) is 41.1 Å². The first-order valence-corrected chi connectivity index (χ1v) is 13.8. The molecule has 206 valence electrons. The van der Waals surface area contributed by atoms with Crippen molar-refractivity contribution < 1.29 is 23.5 Å². The third-order valence-electron chi connectivity index (χ3n) is 8.15. The van der Waals surface area contributed by atoms with Crippen LogP contribution < -0.4 is 0 Å². The number of carboxylic acids is 1. The molecular formula is C31H30F2N4O3. The van der Waals surface area contributed by atoms with Crippen molar-refractivity contribution in [2.75, 3.05) is 6.54 Å². The third kappa shape index (κ3) is 5.08. The van der Waals surface area contributed by atoms with Gasteiger partial charge in [0.1, 0.15) is 22.7 Å². The number of benzene rings is 3. The lowest BCUT2D eigenvalue weighted by atomic mass is 9.85. The number of carbonyl (C=O) groups excluding carboxylic acids is 1. The maximum atomic E-state index is 15.1. The first kappa shape index (κ1) is 26.1. The molecule has 0 spiro atoms. The molecule has 5 aliphatic heterocycles. The fourth-order valence-electron chi connectivity index (χ4n) is 6.02. The van der Waals surface area contributed by atoms with Crippen LogP contribution in [-0.4, -0.2) is 43.4 Å². The summed E-state index contributed by atoms with van der Waals surface area (Å²) in [5, 5.41) is 18.4. The standard InChI is InChI=1S/C31H30F2N4O3/c32-25-13-19-5-3-1-2-4-11-37-28-9-8-22(16-27(28)34-35-37)24(17-29(38)39)21-7-6-20-10-12-36(18-23(20)15-21)31(40)30(25)26(33)14-19/h6-9,13-16,24H,1-5,10-12,17-18H2,(H,38,39). The van der Waals surface area contributed by atoms with E-state index in [0.29, 0.717) is 31.5 Å². The Labute approximate surface area is 230 Å². The summed E-state index contributed by atoms with van der Waals surface area (Å²) in [5.74, 6) is -3.71. The Morgan fingerprint density at radius 1 is 0.900 bits per heavy atom. The van der Waals surface area contributed by atoms with Gasteiger partial charge in [0, 0.05) is 25.6 Å². The van der Waals surface area contributed by atoms with Gasteiger partial charge < -0.3 is 10.0 Å². The molecule has 0 aliphatic carbocycles. The molecule has 9 heteroatoms. The number of rotatable bonds is 2. The van der Waals surface area contributed by atoms with Crippen molar-refractivity contribution in [3.63, 3.8) is 0 Å². The Morgan fingerprint density at radius 3 is 2.45 bits per heavy atom. The zero-order chi connectivity index (χ0) is 27.8. The van der Waals surface area contributed by atoms with E-state index in [1.54, 1.807) is 0 Å². The van der Waals surface area contributed by atoms with E-state index in [4.69, 9.17) is 0 Å². The van der Waals surface area contributed by atoms with Gasteiger partial charge in [-0.2, -0.15) is 0 Å². The largest absolute Gasteiger partial charge is 0.481 e. The van der Waals surface area contributed by atoms with Crippen molar-refractivity contribution in [2.45, 2.75) is 64.0 Å². The Bertz CT molecular complexity index is 1590. The number of aryl methyl sites for hydroxylation is 2. The van der Waals surface area contributed by atoms with Crippen molar-refractivity contribution in [2.24, 2.45) is 0 Å². The SMILES string of the molecule is O=C(O)CC1c2ccc3c(c2)CN(CC3)C(=O)c2c(F)cc(cc2F)CCCCCCn2nnc3cc1ccc32. The minimum absolute atomic E-state index is 0.121. The summed E-state index contributed by atoms with van der Waals surface area (Å²) < 4.78 is 32.0. The van der Waals surface area contributed by atoms with Gasteiger partial charge in [0.25, 0.3) is 5.91 Å². The maximum absolute atomic E-state index is 15.1. The first-order valence-electron chi connectivity index (χ1n) is 13.8. The Kier molecular flexibility index (Phi) is 7.04. The second-order valence-corrected chi connectivity index (χ2v) is 10.8. The molecule has 0 saturated heterocycles. The lowest BCUT2D eigenvalue weighted by molar-refractivity contribution is -0.137. The molecule has 9 bridgehead atoms.